The molecule has 0 unspecified atom stereocenters. The smallest absolute Gasteiger partial charge is 0.240 e. The van der Waals surface area contributed by atoms with Gasteiger partial charge in [-0.25, -0.2) is 13.1 Å². The summed E-state index contributed by atoms with van der Waals surface area (Å²) in [6, 6.07) is 7.76. The highest BCUT2D eigenvalue weighted by atomic mass is 32.2. The van der Waals surface area contributed by atoms with Crippen molar-refractivity contribution >= 4 is 10.0 Å². The summed E-state index contributed by atoms with van der Waals surface area (Å²) in [6.07, 6.45) is 4.32. The summed E-state index contributed by atoms with van der Waals surface area (Å²) in [6.45, 7) is 5.83. The highest BCUT2D eigenvalue weighted by molar-refractivity contribution is 7.89. The van der Waals surface area contributed by atoms with Crippen molar-refractivity contribution in [1.29, 1.82) is 0 Å². The minimum Gasteiger partial charge on any atom is -0.315 e. The zero-order valence-corrected chi connectivity index (χ0v) is 13.7. The van der Waals surface area contributed by atoms with Crippen LogP contribution in [0.3, 0.4) is 0 Å². The fraction of sp³-hybridized carbons (Fsp3) is 0.625. The number of benzene rings is 1. The molecule has 0 saturated heterocycles. The normalized spacial score (nSPS) is 15.6. The van der Waals surface area contributed by atoms with Gasteiger partial charge in [-0.2, -0.15) is 0 Å². The van der Waals surface area contributed by atoms with Gasteiger partial charge in [0.05, 0.1) is 4.90 Å². The second-order valence-corrected chi connectivity index (χ2v) is 7.92. The molecule has 0 amide bonds. The Balaban J connectivity index is 1.82. The monoisotopic (exact) mass is 310 g/mol. The van der Waals surface area contributed by atoms with Gasteiger partial charge in [0, 0.05) is 12.6 Å². The predicted molar refractivity (Wildman–Crippen MR) is 85.8 cm³/mol. The molecule has 5 heteroatoms. The molecule has 1 fully saturated rings. The molecule has 0 aliphatic heterocycles. The molecular weight excluding hydrogens is 284 g/mol. The molecule has 0 heterocycles. The van der Waals surface area contributed by atoms with Crippen molar-refractivity contribution in [2.45, 2.75) is 50.5 Å². The molecule has 21 heavy (non-hydrogen) atoms. The number of hydrogen-bond acceptors (Lipinski definition) is 3. The van der Waals surface area contributed by atoms with Crippen LogP contribution >= 0.6 is 0 Å². The molecule has 0 aromatic heterocycles. The minimum atomic E-state index is -3.33. The van der Waals surface area contributed by atoms with Crippen LogP contribution in [-0.4, -0.2) is 27.5 Å². The Bertz CT molecular complexity index is 534. The zero-order valence-electron chi connectivity index (χ0n) is 12.9. The van der Waals surface area contributed by atoms with Gasteiger partial charge in [0.1, 0.15) is 0 Å². The first-order valence-corrected chi connectivity index (χ1v) is 9.27. The maximum Gasteiger partial charge on any atom is 0.240 e. The van der Waals surface area contributed by atoms with E-state index in [2.05, 4.69) is 23.9 Å². The van der Waals surface area contributed by atoms with E-state index >= 15 is 0 Å². The Hall–Kier alpha value is -0.910. The van der Waals surface area contributed by atoms with Crippen molar-refractivity contribution in [3.63, 3.8) is 0 Å². The van der Waals surface area contributed by atoms with E-state index in [1.807, 2.05) is 12.1 Å². The average molecular weight is 310 g/mol. The van der Waals surface area contributed by atoms with Crippen molar-refractivity contribution < 1.29 is 8.42 Å². The molecule has 2 rings (SSSR count). The number of rotatable bonds is 9. The van der Waals surface area contributed by atoms with Gasteiger partial charge in [0.2, 0.25) is 10.0 Å². The number of nitrogens with one attached hydrogen (secondary N) is 2. The molecule has 1 aliphatic rings. The molecule has 0 atom stereocenters. The van der Waals surface area contributed by atoms with Gasteiger partial charge in [-0.05, 0) is 55.8 Å². The molecule has 0 radical (unpaired) electrons. The van der Waals surface area contributed by atoms with Crippen molar-refractivity contribution in [3.8, 4) is 0 Å². The Labute approximate surface area is 128 Å². The summed E-state index contributed by atoms with van der Waals surface area (Å²) in [7, 11) is -3.33. The zero-order chi connectivity index (χ0) is 15.3. The van der Waals surface area contributed by atoms with Crippen LogP contribution in [0.1, 0.15) is 38.7 Å². The molecule has 1 aliphatic carbocycles. The van der Waals surface area contributed by atoms with Gasteiger partial charge >= 0.3 is 0 Å². The van der Waals surface area contributed by atoms with Crippen LogP contribution in [-0.2, 0) is 16.4 Å². The maximum absolute atomic E-state index is 12.1. The number of sulfonamides is 1. The molecule has 1 aromatic carbocycles. The Kier molecular flexibility index (Phi) is 5.79. The predicted octanol–water partition coefficient (Wildman–Crippen LogP) is 2.31. The first-order valence-electron chi connectivity index (χ1n) is 7.79. The van der Waals surface area contributed by atoms with E-state index in [0.29, 0.717) is 23.4 Å². The van der Waals surface area contributed by atoms with Gasteiger partial charge < -0.3 is 5.32 Å². The van der Waals surface area contributed by atoms with Crippen LogP contribution < -0.4 is 10.0 Å². The molecule has 4 nitrogen and oxygen atoms in total. The van der Waals surface area contributed by atoms with E-state index < -0.39 is 10.0 Å². The van der Waals surface area contributed by atoms with Crippen molar-refractivity contribution in [3.05, 3.63) is 29.8 Å². The summed E-state index contributed by atoms with van der Waals surface area (Å²) in [5.74, 6) is 0.549. The Morgan fingerprint density at radius 1 is 1.19 bits per heavy atom. The van der Waals surface area contributed by atoms with Crippen LogP contribution in [0.4, 0.5) is 0 Å². The van der Waals surface area contributed by atoms with E-state index in [0.717, 1.165) is 32.2 Å². The summed E-state index contributed by atoms with van der Waals surface area (Å²) in [4.78, 5) is 0.368. The number of aryl methyl sites for hydroxylation is 1. The van der Waals surface area contributed by atoms with E-state index in [1.165, 1.54) is 5.56 Å². The largest absolute Gasteiger partial charge is 0.315 e. The Morgan fingerprint density at radius 2 is 1.86 bits per heavy atom. The van der Waals surface area contributed by atoms with Crippen LogP contribution in [0, 0.1) is 5.92 Å². The topological polar surface area (TPSA) is 58.2 Å². The van der Waals surface area contributed by atoms with E-state index in [9.17, 15) is 8.42 Å². The summed E-state index contributed by atoms with van der Waals surface area (Å²) in [5.41, 5.74) is 1.18. The summed E-state index contributed by atoms with van der Waals surface area (Å²) >= 11 is 0. The van der Waals surface area contributed by atoms with Gasteiger partial charge in [-0.1, -0.05) is 26.0 Å². The lowest BCUT2D eigenvalue weighted by atomic mass is 10.1. The van der Waals surface area contributed by atoms with Gasteiger partial charge in [-0.15, -0.1) is 0 Å². The molecular formula is C16H26N2O2S. The molecule has 2 N–H and O–H groups in total. The van der Waals surface area contributed by atoms with Crippen molar-refractivity contribution in [2.75, 3.05) is 13.1 Å². The molecule has 118 valence electrons. The lowest BCUT2D eigenvalue weighted by molar-refractivity contribution is 0.570. The lowest BCUT2D eigenvalue weighted by Crippen LogP contribution is -2.25. The highest BCUT2D eigenvalue weighted by Gasteiger charge is 2.24. The molecule has 0 spiro atoms. The quantitative estimate of drug-likeness (QED) is 0.688. The van der Waals surface area contributed by atoms with E-state index in [4.69, 9.17) is 0 Å². The van der Waals surface area contributed by atoms with Gasteiger partial charge in [0.25, 0.3) is 0 Å². The summed E-state index contributed by atoms with van der Waals surface area (Å²) < 4.78 is 26.9. The fourth-order valence-electron chi connectivity index (χ4n) is 2.15. The fourth-order valence-corrected chi connectivity index (χ4v) is 3.27. The molecule has 1 aromatic rings. The van der Waals surface area contributed by atoms with Gasteiger partial charge in [0.15, 0.2) is 0 Å². The Morgan fingerprint density at radius 3 is 2.43 bits per heavy atom. The summed E-state index contributed by atoms with van der Waals surface area (Å²) in [5, 5.41) is 3.38. The first-order chi connectivity index (χ1) is 9.97. The third kappa shape index (κ3) is 5.77. The van der Waals surface area contributed by atoms with Gasteiger partial charge in [-0.3, -0.25) is 0 Å². The molecule has 0 bridgehead atoms. The SMILES string of the molecule is CC(C)NCCCc1ccc(S(=O)(=O)NCC2CC2)cc1. The van der Waals surface area contributed by atoms with E-state index in [-0.39, 0.29) is 0 Å². The van der Waals surface area contributed by atoms with Crippen molar-refractivity contribution in [1.82, 2.24) is 10.0 Å². The standard InChI is InChI=1S/C16H26N2O2S/c1-13(2)17-11-3-4-14-7-9-16(10-8-14)21(19,20)18-12-15-5-6-15/h7-10,13,15,17-18H,3-6,11-12H2,1-2H3. The van der Waals surface area contributed by atoms with Crippen LogP contribution in [0.25, 0.3) is 0 Å². The second-order valence-electron chi connectivity index (χ2n) is 6.15. The lowest BCUT2D eigenvalue weighted by Gasteiger charge is -2.09. The average Bonchev–Trinajstić information content (AvgIpc) is 3.26. The minimum absolute atomic E-state index is 0.368. The molecule has 1 saturated carbocycles. The maximum atomic E-state index is 12.1. The third-order valence-corrected chi connectivity index (χ3v) is 5.13. The van der Waals surface area contributed by atoms with Crippen LogP contribution in [0.5, 0.6) is 0 Å². The van der Waals surface area contributed by atoms with Crippen molar-refractivity contribution in [2.24, 2.45) is 5.92 Å². The van der Waals surface area contributed by atoms with Crippen LogP contribution in [0.2, 0.25) is 0 Å². The third-order valence-electron chi connectivity index (χ3n) is 3.69. The first kappa shape index (κ1) is 16.5. The van der Waals surface area contributed by atoms with Crippen LogP contribution in [0.15, 0.2) is 29.2 Å². The van der Waals surface area contributed by atoms with E-state index in [1.54, 1.807) is 12.1 Å². The second kappa shape index (κ2) is 7.38. The highest BCUT2D eigenvalue weighted by Crippen LogP contribution is 2.28. The number of hydrogen-bond donors (Lipinski definition) is 2.